The highest BCUT2D eigenvalue weighted by atomic mass is 32.2. The predicted molar refractivity (Wildman–Crippen MR) is 71.6 cm³/mol. The summed E-state index contributed by atoms with van der Waals surface area (Å²) in [6, 6.07) is 6.70. The molecule has 2 heterocycles. The summed E-state index contributed by atoms with van der Waals surface area (Å²) < 4.78 is 0. The number of benzene rings is 1. The quantitative estimate of drug-likeness (QED) is 0.874. The first kappa shape index (κ1) is 10.9. The van der Waals surface area contributed by atoms with Gasteiger partial charge in [-0.05, 0) is 29.7 Å². The van der Waals surface area contributed by atoms with Crippen molar-refractivity contribution in [1.82, 2.24) is 9.97 Å². The van der Waals surface area contributed by atoms with Crippen molar-refractivity contribution in [2.24, 2.45) is 0 Å². The molecular weight excluding hydrogens is 228 g/mol. The first-order valence-electron chi connectivity index (χ1n) is 6.09. The molecule has 0 spiro atoms. The third kappa shape index (κ3) is 2.00. The molecule has 0 aliphatic carbocycles. The minimum absolute atomic E-state index is 0.377. The number of aromatic amines is 1. The summed E-state index contributed by atoms with van der Waals surface area (Å²) in [5.74, 6) is 1.62. The van der Waals surface area contributed by atoms with E-state index in [9.17, 15) is 0 Å². The van der Waals surface area contributed by atoms with E-state index >= 15 is 0 Å². The van der Waals surface area contributed by atoms with Gasteiger partial charge in [0.15, 0.2) is 0 Å². The summed E-state index contributed by atoms with van der Waals surface area (Å²) in [6.07, 6.45) is 6.29. The lowest BCUT2D eigenvalue weighted by Crippen LogP contribution is -2.05. The summed E-state index contributed by atoms with van der Waals surface area (Å²) in [4.78, 5) is 8.91. The van der Waals surface area contributed by atoms with Crippen LogP contribution in [-0.4, -0.2) is 15.7 Å². The zero-order chi connectivity index (χ0) is 11.7. The number of rotatable bonds is 2. The fourth-order valence-corrected chi connectivity index (χ4v) is 3.68. The molecule has 1 aliphatic rings. The fourth-order valence-electron chi connectivity index (χ4n) is 2.42. The van der Waals surface area contributed by atoms with Crippen molar-refractivity contribution in [3.05, 3.63) is 47.5 Å². The number of aromatic nitrogens is 2. The molecular formula is C14H16N2S. The molecule has 0 saturated carbocycles. The Hall–Kier alpha value is -1.22. The van der Waals surface area contributed by atoms with Gasteiger partial charge in [0.05, 0.1) is 12.0 Å². The Morgan fingerprint density at radius 3 is 3.18 bits per heavy atom. The van der Waals surface area contributed by atoms with Gasteiger partial charge in [-0.2, -0.15) is 0 Å². The van der Waals surface area contributed by atoms with Gasteiger partial charge in [-0.1, -0.05) is 25.1 Å². The van der Waals surface area contributed by atoms with Crippen LogP contribution in [0.4, 0.5) is 0 Å². The minimum Gasteiger partial charge on any atom is -0.351 e. The smallest absolute Gasteiger partial charge is 0.0923 e. The number of fused-ring (bicyclic) bond motifs is 1. The number of thioether (sulfide) groups is 1. The van der Waals surface area contributed by atoms with Crippen LogP contribution in [0, 0.1) is 0 Å². The van der Waals surface area contributed by atoms with Crippen molar-refractivity contribution in [2.75, 3.05) is 5.75 Å². The van der Waals surface area contributed by atoms with E-state index in [-0.39, 0.29) is 0 Å². The molecule has 0 radical (unpaired) electrons. The maximum atomic E-state index is 4.38. The van der Waals surface area contributed by atoms with Crippen LogP contribution in [0.5, 0.6) is 0 Å². The molecule has 1 atom stereocenters. The Morgan fingerprint density at radius 2 is 2.35 bits per heavy atom. The molecule has 1 N–H and O–H groups in total. The molecule has 3 heteroatoms. The van der Waals surface area contributed by atoms with E-state index in [1.54, 1.807) is 6.33 Å². The van der Waals surface area contributed by atoms with Crippen molar-refractivity contribution in [1.29, 1.82) is 0 Å². The van der Waals surface area contributed by atoms with Gasteiger partial charge in [0.25, 0.3) is 0 Å². The molecule has 0 fully saturated rings. The van der Waals surface area contributed by atoms with Gasteiger partial charge in [0.1, 0.15) is 0 Å². The van der Waals surface area contributed by atoms with Crippen LogP contribution < -0.4 is 0 Å². The second-order valence-corrected chi connectivity index (χ2v) is 5.61. The lowest BCUT2D eigenvalue weighted by atomic mass is 9.95. The molecule has 0 amide bonds. The molecule has 0 bridgehead atoms. The van der Waals surface area contributed by atoms with Gasteiger partial charge in [-0.3, -0.25) is 0 Å². The number of hydrogen-bond acceptors (Lipinski definition) is 2. The number of hydrogen-bond donors (Lipinski definition) is 1. The van der Waals surface area contributed by atoms with Crippen LogP contribution in [0.15, 0.2) is 35.6 Å². The van der Waals surface area contributed by atoms with Crippen molar-refractivity contribution in [2.45, 2.75) is 30.6 Å². The van der Waals surface area contributed by atoms with Crippen molar-refractivity contribution < 1.29 is 0 Å². The monoisotopic (exact) mass is 244 g/mol. The second-order valence-electron chi connectivity index (χ2n) is 4.50. The number of aryl methyl sites for hydroxylation is 1. The third-order valence-electron chi connectivity index (χ3n) is 3.39. The van der Waals surface area contributed by atoms with E-state index < -0.39 is 0 Å². The lowest BCUT2D eigenvalue weighted by molar-refractivity contribution is 0.822. The second kappa shape index (κ2) is 4.57. The number of nitrogens with zero attached hydrogens (tertiary/aromatic N) is 1. The average Bonchev–Trinajstić information content (AvgIpc) is 2.91. The number of imidazole rings is 1. The zero-order valence-corrected chi connectivity index (χ0v) is 10.8. The normalized spacial score (nSPS) is 16.5. The molecule has 88 valence electrons. The number of H-pyrrole nitrogens is 1. The highest BCUT2D eigenvalue weighted by Crippen LogP contribution is 2.37. The Kier molecular flexibility index (Phi) is 2.93. The van der Waals surface area contributed by atoms with E-state index in [1.807, 2.05) is 18.0 Å². The van der Waals surface area contributed by atoms with Crippen LogP contribution >= 0.6 is 11.8 Å². The molecule has 17 heavy (non-hydrogen) atoms. The van der Waals surface area contributed by atoms with Gasteiger partial charge < -0.3 is 4.98 Å². The Labute approximate surface area is 106 Å². The first-order valence-corrected chi connectivity index (χ1v) is 7.08. The standard InChI is InChI=1S/C14H16N2S/c1-10(13-8-15-9-16-13)12-6-2-4-11-5-3-7-17-14(11)12/h2,4,6,8-10H,3,5,7H2,1H3,(H,15,16). The van der Waals surface area contributed by atoms with Crippen molar-refractivity contribution >= 4 is 11.8 Å². The molecule has 0 saturated heterocycles. The Bertz CT molecular complexity index is 505. The summed E-state index contributed by atoms with van der Waals surface area (Å²) in [7, 11) is 0. The van der Waals surface area contributed by atoms with Gasteiger partial charge in [0, 0.05) is 17.0 Å². The molecule has 3 rings (SSSR count). The molecule has 2 aromatic rings. The largest absolute Gasteiger partial charge is 0.351 e. The topological polar surface area (TPSA) is 28.7 Å². The maximum absolute atomic E-state index is 4.38. The Balaban J connectivity index is 2.03. The van der Waals surface area contributed by atoms with E-state index in [0.717, 1.165) is 5.69 Å². The maximum Gasteiger partial charge on any atom is 0.0923 e. The summed E-state index contributed by atoms with van der Waals surface area (Å²) in [5, 5.41) is 0. The van der Waals surface area contributed by atoms with Crippen LogP contribution in [0.3, 0.4) is 0 Å². The molecule has 1 aromatic carbocycles. The summed E-state index contributed by atoms with van der Waals surface area (Å²) >= 11 is 2.00. The molecule has 2 nitrogen and oxygen atoms in total. The van der Waals surface area contributed by atoms with Crippen LogP contribution in [0.1, 0.15) is 36.1 Å². The van der Waals surface area contributed by atoms with Crippen LogP contribution in [-0.2, 0) is 6.42 Å². The lowest BCUT2D eigenvalue weighted by Gasteiger charge is -2.21. The van der Waals surface area contributed by atoms with Crippen LogP contribution in [0.2, 0.25) is 0 Å². The highest BCUT2D eigenvalue weighted by Gasteiger charge is 2.19. The van der Waals surface area contributed by atoms with Crippen molar-refractivity contribution in [3.8, 4) is 0 Å². The number of nitrogens with one attached hydrogen (secondary N) is 1. The highest BCUT2D eigenvalue weighted by molar-refractivity contribution is 7.99. The zero-order valence-electron chi connectivity index (χ0n) is 9.94. The van der Waals surface area contributed by atoms with E-state index in [2.05, 4.69) is 35.1 Å². The fraction of sp³-hybridized carbons (Fsp3) is 0.357. The predicted octanol–water partition coefficient (Wildman–Crippen LogP) is 3.60. The van der Waals surface area contributed by atoms with Crippen LogP contribution in [0.25, 0.3) is 0 Å². The Morgan fingerprint density at radius 1 is 1.41 bits per heavy atom. The SMILES string of the molecule is CC(c1c[nH]cn1)c1cccc2c1SCCC2. The summed E-state index contributed by atoms with van der Waals surface area (Å²) in [6.45, 7) is 2.24. The third-order valence-corrected chi connectivity index (χ3v) is 4.67. The van der Waals surface area contributed by atoms with Crippen molar-refractivity contribution in [3.63, 3.8) is 0 Å². The van der Waals surface area contributed by atoms with E-state index in [1.165, 1.54) is 34.6 Å². The molecule has 1 aromatic heterocycles. The van der Waals surface area contributed by atoms with E-state index in [0.29, 0.717) is 5.92 Å². The molecule has 1 unspecified atom stereocenters. The van der Waals surface area contributed by atoms with Gasteiger partial charge >= 0.3 is 0 Å². The van der Waals surface area contributed by atoms with Gasteiger partial charge in [-0.25, -0.2) is 4.98 Å². The minimum atomic E-state index is 0.377. The van der Waals surface area contributed by atoms with Gasteiger partial charge in [0.2, 0.25) is 0 Å². The average molecular weight is 244 g/mol. The summed E-state index contributed by atoms with van der Waals surface area (Å²) in [5.41, 5.74) is 4.07. The first-order chi connectivity index (χ1) is 8.36. The van der Waals surface area contributed by atoms with Gasteiger partial charge in [-0.15, -0.1) is 11.8 Å². The molecule has 1 aliphatic heterocycles. The van der Waals surface area contributed by atoms with E-state index in [4.69, 9.17) is 0 Å².